The number of benzene rings is 1. The number of halogens is 1. The Bertz CT molecular complexity index is 1190. The minimum Gasteiger partial charge on any atom is -0.463 e. The molecule has 3 aromatic heterocycles. The Morgan fingerprint density at radius 1 is 1.16 bits per heavy atom. The topological polar surface area (TPSA) is 98.2 Å². The standard InChI is InChI=1S/C21H17BrN6O2S/c1-14(18-3-2-12-30-18)24-25-19(29)13-31-21-27-26-20(15-8-10-23-11-9-15)28(21)17-6-4-16(22)5-7-17/h2-12H,13H2,1H3,(H,25,29)/b24-14-. The smallest absolute Gasteiger partial charge is 0.250 e. The third-order valence-electron chi connectivity index (χ3n) is 4.22. The van der Waals surface area contributed by atoms with E-state index < -0.39 is 0 Å². The molecule has 1 amide bonds. The van der Waals surface area contributed by atoms with Gasteiger partial charge in [0, 0.05) is 28.1 Å². The van der Waals surface area contributed by atoms with E-state index in [9.17, 15) is 4.79 Å². The molecular formula is C21H17BrN6O2S. The van der Waals surface area contributed by atoms with E-state index >= 15 is 0 Å². The summed E-state index contributed by atoms with van der Waals surface area (Å²) in [6.45, 7) is 1.76. The predicted molar refractivity (Wildman–Crippen MR) is 122 cm³/mol. The number of aromatic nitrogens is 4. The monoisotopic (exact) mass is 496 g/mol. The van der Waals surface area contributed by atoms with Gasteiger partial charge in [-0.3, -0.25) is 14.3 Å². The number of carbonyl (C=O) groups excluding carboxylic acids is 1. The van der Waals surface area contributed by atoms with E-state index in [1.165, 1.54) is 11.8 Å². The molecule has 4 rings (SSSR count). The van der Waals surface area contributed by atoms with Gasteiger partial charge in [-0.25, -0.2) is 5.43 Å². The third-order valence-corrected chi connectivity index (χ3v) is 5.67. The summed E-state index contributed by atoms with van der Waals surface area (Å²) in [5.74, 6) is 1.14. The molecule has 0 saturated heterocycles. The van der Waals surface area contributed by atoms with Crippen LogP contribution in [0.5, 0.6) is 0 Å². The zero-order valence-electron chi connectivity index (χ0n) is 16.4. The van der Waals surface area contributed by atoms with Crippen molar-refractivity contribution >= 4 is 39.3 Å². The Labute approximate surface area is 190 Å². The van der Waals surface area contributed by atoms with Crippen molar-refractivity contribution in [2.75, 3.05) is 5.75 Å². The Hall–Kier alpha value is -3.24. The van der Waals surface area contributed by atoms with Crippen molar-refractivity contribution in [2.45, 2.75) is 12.1 Å². The molecule has 0 radical (unpaired) electrons. The Morgan fingerprint density at radius 2 is 1.94 bits per heavy atom. The molecule has 1 N–H and O–H groups in total. The first-order chi connectivity index (χ1) is 15.1. The van der Waals surface area contributed by atoms with Crippen LogP contribution >= 0.6 is 27.7 Å². The lowest BCUT2D eigenvalue weighted by Crippen LogP contribution is -2.21. The number of furan rings is 1. The summed E-state index contributed by atoms with van der Waals surface area (Å²) < 4.78 is 8.14. The highest BCUT2D eigenvalue weighted by Crippen LogP contribution is 2.28. The van der Waals surface area contributed by atoms with E-state index in [2.05, 4.69) is 41.6 Å². The number of nitrogens with one attached hydrogen (secondary N) is 1. The van der Waals surface area contributed by atoms with Gasteiger partial charge in [-0.2, -0.15) is 5.10 Å². The van der Waals surface area contributed by atoms with Gasteiger partial charge in [0.25, 0.3) is 5.91 Å². The molecular weight excluding hydrogens is 480 g/mol. The number of thioether (sulfide) groups is 1. The van der Waals surface area contributed by atoms with Crippen molar-refractivity contribution in [3.63, 3.8) is 0 Å². The van der Waals surface area contributed by atoms with Gasteiger partial charge in [0.15, 0.2) is 11.0 Å². The van der Waals surface area contributed by atoms with E-state index in [0.717, 1.165) is 15.7 Å². The Kier molecular flexibility index (Phi) is 6.58. The van der Waals surface area contributed by atoms with Gasteiger partial charge < -0.3 is 4.42 Å². The lowest BCUT2D eigenvalue weighted by molar-refractivity contribution is -0.118. The van der Waals surface area contributed by atoms with Crippen LogP contribution in [-0.2, 0) is 4.79 Å². The number of amides is 1. The van der Waals surface area contributed by atoms with E-state index in [1.807, 2.05) is 41.0 Å². The number of hydrogen-bond donors (Lipinski definition) is 1. The number of hydrogen-bond acceptors (Lipinski definition) is 7. The summed E-state index contributed by atoms with van der Waals surface area (Å²) in [5, 5.41) is 13.3. The molecule has 0 aliphatic carbocycles. The van der Waals surface area contributed by atoms with Gasteiger partial charge in [0.2, 0.25) is 0 Å². The van der Waals surface area contributed by atoms with Crippen molar-refractivity contribution in [2.24, 2.45) is 5.10 Å². The molecule has 0 unspecified atom stereocenters. The fourth-order valence-corrected chi connectivity index (χ4v) is 3.73. The lowest BCUT2D eigenvalue weighted by atomic mass is 10.2. The Morgan fingerprint density at radius 3 is 2.65 bits per heavy atom. The highest BCUT2D eigenvalue weighted by molar-refractivity contribution is 9.10. The number of pyridine rings is 1. The number of nitrogens with zero attached hydrogens (tertiary/aromatic N) is 5. The van der Waals surface area contributed by atoms with Crippen molar-refractivity contribution in [1.82, 2.24) is 25.2 Å². The van der Waals surface area contributed by atoms with Crippen LogP contribution in [0.3, 0.4) is 0 Å². The molecule has 156 valence electrons. The second-order valence-electron chi connectivity index (χ2n) is 6.35. The molecule has 1 aromatic carbocycles. The fourth-order valence-electron chi connectivity index (χ4n) is 2.72. The van der Waals surface area contributed by atoms with Crippen molar-refractivity contribution in [3.05, 3.63) is 77.4 Å². The minimum atomic E-state index is -0.258. The first-order valence-electron chi connectivity index (χ1n) is 9.23. The van der Waals surface area contributed by atoms with Crippen molar-refractivity contribution in [3.8, 4) is 17.1 Å². The summed E-state index contributed by atoms with van der Waals surface area (Å²) in [4.78, 5) is 16.4. The van der Waals surface area contributed by atoms with Gasteiger partial charge >= 0.3 is 0 Å². The molecule has 4 aromatic rings. The van der Waals surface area contributed by atoms with Crippen molar-refractivity contribution < 1.29 is 9.21 Å². The molecule has 3 heterocycles. The van der Waals surface area contributed by atoms with E-state index in [1.54, 1.807) is 37.7 Å². The second-order valence-corrected chi connectivity index (χ2v) is 8.21. The molecule has 0 atom stereocenters. The first-order valence-corrected chi connectivity index (χ1v) is 11.0. The SMILES string of the molecule is C/C(=N/NC(=O)CSc1nnc(-c2ccncc2)n1-c1ccc(Br)cc1)c1ccco1. The Balaban J connectivity index is 1.54. The average Bonchev–Trinajstić information content (AvgIpc) is 3.48. The normalized spacial score (nSPS) is 11.5. The van der Waals surface area contributed by atoms with E-state index in [4.69, 9.17) is 4.42 Å². The quantitative estimate of drug-likeness (QED) is 0.232. The summed E-state index contributed by atoms with van der Waals surface area (Å²) in [6.07, 6.45) is 4.96. The summed E-state index contributed by atoms with van der Waals surface area (Å²) in [7, 11) is 0. The van der Waals surface area contributed by atoms with Gasteiger partial charge in [0.05, 0.1) is 12.0 Å². The molecule has 10 heteroatoms. The maximum absolute atomic E-state index is 12.3. The molecule has 0 saturated carbocycles. The summed E-state index contributed by atoms with van der Waals surface area (Å²) in [6, 6.07) is 15.1. The summed E-state index contributed by atoms with van der Waals surface area (Å²) in [5.41, 5.74) is 4.89. The highest BCUT2D eigenvalue weighted by Gasteiger charge is 2.17. The van der Waals surface area contributed by atoms with Gasteiger partial charge in [-0.1, -0.05) is 27.7 Å². The fraction of sp³-hybridized carbons (Fsp3) is 0.0952. The van der Waals surface area contributed by atoms with E-state index in [0.29, 0.717) is 22.5 Å². The first kappa shape index (κ1) is 21.0. The third kappa shape index (κ3) is 5.09. The van der Waals surface area contributed by atoms with Crippen LogP contribution in [0.15, 0.2) is 86.3 Å². The van der Waals surface area contributed by atoms with Gasteiger partial charge in [0.1, 0.15) is 11.5 Å². The number of carbonyl (C=O) groups is 1. The second kappa shape index (κ2) is 9.71. The van der Waals surface area contributed by atoms with Crippen LogP contribution < -0.4 is 5.43 Å². The van der Waals surface area contributed by atoms with Crippen molar-refractivity contribution in [1.29, 1.82) is 0 Å². The van der Waals surface area contributed by atoms with E-state index in [-0.39, 0.29) is 11.7 Å². The summed E-state index contributed by atoms with van der Waals surface area (Å²) >= 11 is 4.73. The zero-order chi connectivity index (χ0) is 21.6. The largest absolute Gasteiger partial charge is 0.463 e. The number of rotatable bonds is 7. The van der Waals surface area contributed by atoms with Gasteiger partial charge in [-0.15, -0.1) is 10.2 Å². The number of hydrazone groups is 1. The minimum absolute atomic E-state index is 0.125. The highest BCUT2D eigenvalue weighted by atomic mass is 79.9. The molecule has 31 heavy (non-hydrogen) atoms. The van der Waals surface area contributed by atoms with Crippen LogP contribution in [0.25, 0.3) is 17.1 Å². The van der Waals surface area contributed by atoms with Crippen LogP contribution in [0.2, 0.25) is 0 Å². The maximum atomic E-state index is 12.3. The average molecular weight is 497 g/mol. The predicted octanol–water partition coefficient (Wildman–Crippen LogP) is 4.32. The molecule has 0 aliphatic rings. The molecule has 0 spiro atoms. The molecule has 0 aliphatic heterocycles. The van der Waals surface area contributed by atoms with Crippen LogP contribution in [-0.4, -0.2) is 37.1 Å². The van der Waals surface area contributed by atoms with Crippen LogP contribution in [0, 0.1) is 0 Å². The lowest BCUT2D eigenvalue weighted by Gasteiger charge is -2.10. The molecule has 0 bridgehead atoms. The molecule has 0 fully saturated rings. The maximum Gasteiger partial charge on any atom is 0.250 e. The van der Waals surface area contributed by atoms with Crippen LogP contribution in [0.1, 0.15) is 12.7 Å². The zero-order valence-corrected chi connectivity index (χ0v) is 18.8. The van der Waals surface area contributed by atoms with Crippen LogP contribution in [0.4, 0.5) is 0 Å². The van der Waals surface area contributed by atoms with Gasteiger partial charge in [-0.05, 0) is 55.5 Å². The molecule has 8 nitrogen and oxygen atoms in total.